The summed E-state index contributed by atoms with van der Waals surface area (Å²) in [7, 11) is 0. The molecule has 0 unspecified atom stereocenters. The second kappa shape index (κ2) is 7.38. The van der Waals surface area contributed by atoms with Crippen molar-refractivity contribution < 1.29 is 9.72 Å². The third-order valence-corrected chi connectivity index (χ3v) is 5.64. The lowest BCUT2D eigenvalue weighted by molar-refractivity contribution is -0.384. The van der Waals surface area contributed by atoms with Crippen molar-refractivity contribution in [2.24, 2.45) is 0 Å². The van der Waals surface area contributed by atoms with Crippen LogP contribution in [0.15, 0.2) is 57.2 Å². The smallest absolute Gasteiger partial charge is 0.270 e. The molecule has 8 heteroatoms. The number of non-ortho nitro benzene ring substituents is 1. The zero-order valence-electron chi connectivity index (χ0n) is 13.0. The molecule has 1 amide bonds. The minimum absolute atomic E-state index is 0.0221. The summed E-state index contributed by atoms with van der Waals surface area (Å²) in [4.78, 5) is 24.8. The van der Waals surface area contributed by atoms with Gasteiger partial charge >= 0.3 is 0 Å². The second-order valence-electron chi connectivity index (χ2n) is 5.25. The first-order chi connectivity index (χ1) is 11.9. The summed E-state index contributed by atoms with van der Waals surface area (Å²) in [6, 6.07) is 12.6. The van der Waals surface area contributed by atoms with E-state index in [1.54, 1.807) is 12.1 Å². The van der Waals surface area contributed by atoms with Gasteiger partial charge in [-0.05, 0) is 36.8 Å². The highest BCUT2D eigenvalue weighted by Gasteiger charge is 2.23. The van der Waals surface area contributed by atoms with Crippen LogP contribution in [-0.4, -0.2) is 15.2 Å². The van der Waals surface area contributed by atoms with E-state index in [4.69, 9.17) is 12.2 Å². The molecule has 1 N–H and O–H groups in total. The number of hydrogen-bond acceptors (Lipinski definition) is 6. The van der Waals surface area contributed by atoms with Gasteiger partial charge in [0, 0.05) is 21.9 Å². The molecular formula is C17H12N2O3S3. The number of nitro groups is 1. The first kappa shape index (κ1) is 17.7. The number of hydrogen-bond donors (Lipinski definition) is 1. The lowest BCUT2D eigenvalue weighted by atomic mass is 10.2. The van der Waals surface area contributed by atoms with Crippen molar-refractivity contribution in [3.63, 3.8) is 0 Å². The number of carbonyl (C=O) groups is 1. The first-order valence-corrected chi connectivity index (χ1v) is 9.24. The Bertz CT molecular complexity index is 908. The Morgan fingerprint density at radius 1 is 1.24 bits per heavy atom. The fourth-order valence-electron chi connectivity index (χ4n) is 2.15. The number of benzene rings is 2. The number of amides is 1. The van der Waals surface area contributed by atoms with Crippen molar-refractivity contribution >= 4 is 57.7 Å². The molecule has 0 spiro atoms. The molecule has 0 bridgehead atoms. The molecule has 1 aliphatic rings. The maximum Gasteiger partial charge on any atom is 0.270 e. The summed E-state index contributed by atoms with van der Waals surface area (Å²) in [5.41, 5.74) is 1.75. The number of nitrogens with one attached hydrogen (secondary N) is 1. The summed E-state index contributed by atoms with van der Waals surface area (Å²) in [6.07, 6.45) is 1.64. The summed E-state index contributed by atoms with van der Waals surface area (Å²) in [5.74, 6) is -0.284. The molecule has 2 aromatic rings. The van der Waals surface area contributed by atoms with Crippen molar-refractivity contribution in [2.75, 3.05) is 0 Å². The Morgan fingerprint density at radius 3 is 2.56 bits per heavy atom. The Kier molecular flexibility index (Phi) is 5.22. The van der Waals surface area contributed by atoms with Gasteiger partial charge in [-0.3, -0.25) is 14.9 Å². The van der Waals surface area contributed by atoms with Gasteiger partial charge in [-0.25, -0.2) is 0 Å². The van der Waals surface area contributed by atoms with E-state index in [0.29, 0.717) is 14.8 Å². The van der Waals surface area contributed by atoms with Gasteiger partial charge in [-0.15, -0.1) is 0 Å². The highest BCUT2D eigenvalue weighted by molar-refractivity contribution is 8.26. The third kappa shape index (κ3) is 4.28. The topological polar surface area (TPSA) is 72.2 Å². The number of rotatable bonds is 4. The molecule has 3 rings (SSSR count). The normalized spacial score (nSPS) is 15.5. The van der Waals surface area contributed by atoms with Crippen molar-refractivity contribution in [3.8, 4) is 0 Å². The van der Waals surface area contributed by atoms with E-state index in [1.807, 2.05) is 31.2 Å². The molecular weight excluding hydrogens is 376 g/mol. The van der Waals surface area contributed by atoms with Crippen molar-refractivity contribution in [2.45, 2.75) is 16.7 Å². The standard InChI is InChI=1S/C17H12N2O3S3/c1-10-2-5-13(6-3-10)24-14-7-4-12(19(21)22)8-11(14)9-15-16(20)18-17(23)25-15/h2-9H,1H3,(H,18,20,23)/b15-9-. The van der Waals surface area contributed by atoms with Crippen LogP contribution < -0.4 is 5.32 Å². The lowest BCUT2D eigenvalue weighted by Gasteiger charge is -2.07. The predicted molar refractivity (Wildman–Crippen MR) is 105 cm³/mol. The van der Waals surface area contributed by atoms with E-state index in [9.17, 15) is 14.9 Å². The largest absolute Gasteiger partial charge is 0.307 e. The number of thioether (sulfide) groups is 1. The molecule has 1 aliphatic heterocycles. The number of nitrogens with zero attached hydrogens (tertiary/aromatic N) is 1. The van der Waals surface area contributed by atoms with E-state index in [2.05, 4.69) is 5.32 Å². The average Bonchev–Trinajstić information content (AvgIpc) is 2.88. The van der Waals surface area contributed by atoms with Crippen LogP contribution >= 0.6 is 35.7 Å². The monoisotopic (exact) mass is 388 g/mol. The quantitative estimate of drug-likeness (QED) is 0.359. The fourth-order valence-corrected chi connectivity index (χ4v) is 4.08. The molecule has 5 nitrogen and oxygen atoms in total. The molecule has 0 atom stereocenters. The molecule has 126 valence electrons. The highest BCUT2D eigenvalue weighted by atomic mass is 32.2. The summed E-state index contributed by atoms with van der Waals surface area (Å²) >= 11 is 7.62. The van der Waals surface area contributed by atoms with Crippen LogP contribution in [0.4, 0.5) is 5.69 Å². The molecule has 1 heterocycles. The van der Waals surface area contributed by atoms with E-state index in [-0.39, 0.29) is 11.6 Å². The first-order valence-electron chi connectivity index (χ1n) is 7.20. The molecule has 1 saturated heterocycles. The summed E-state index contributed by atoms with van der Waals surface area (Å²) < 4.78 is 0.384. The summed E-state index contributed by atoms with van der Waals surface area (Å²) in [6.45, 7) is 2.01. The number of nitro benzene ring substituents is 1. The molecule has 1 fully saturated rings. The SMILES string of the molecule is Cc1ccc(Sc2ccc([N+](=O)[O-])cc2/C=C2\SC(=S)NC2=O)cc1. The van der Waals surface area contributed by atoms with Gasteiger partial charge in [0.2, 0.25) is 0 Å². The Balaban J connectivity index is 2.01. The van der Waals surface area contributed by atoms with Crippen LogP contribution in [0.2, 0.25) is 0 Å². The number of carbonyl (C=O) groups excluding carboxylic acids is 1. The van der Waals surface area contributed by atoms with Crippen molar-refractivity contribution in [1.82, 2.24) is 5.32 Å². The van der Waals surface area contributed by atoms with Gasteiger partial charge in [-0.1, -0.05) is 53.4 Å². The predicted octanol–water partition coefficient (Wildman–Crippen LogP) is 4.54. The van der Waals surface area contributed by atoms with Crippen molar-refractivity contribution in [1.29, 1.82) is 0 Å². The van der Waals surface area contributed by atoms with Crippen LogP contribution in [0.3, 0.4) is 0 Å². The maximum absolute atomic E-state index is 11.9. The van der Waals surface area contributed by atoms with Gasteiger partial charge in [0.05, 0.1) is 9.83 Å². The van der Waals surface area contributed by atoms with E-state index < -0.39 is 4.92 Å². The number of thiocarbonyl (C=S) groups is 1. The fraction of sp³-hybridized carbons (Fsp3) is 0.0588. The van der Waals surface area contributed by atoms with Gasteiger partial charge in [0.15, 0.2) is 0 Å². The van der Waals surface area contributed by atoms with Crippen LogP contribution in [0, 0.1) is 17.0 Å². The Morgan fingerprint density at radius 2 is 1.96 bits per heavy atom. The lowest BCUT2D eigenvalue weighted by Crippen LogP contribution is -2.17. The molecule has 0 saturated carbocycles. The minimum Gasteiger partial charge on any atom is -0.307 e. The zero-order valence-corrected chi connectivity index (χ0v) is 15.5. The molecule has 25 heavy (non-hydrogen) atoms. The van der Waals surface area contributed by atoms with Gasteiger partial charge in [0.25, 0.3) is 11.6 Å². The second-order valence-corrected chi connectivity index (χ2v) is 8.08. The molecule has 2 aromatic carbocycles. The third-order valence-electron chi connectivity index (χ3n) is 3.38. The molecule has 0 aliphatic carbocycles. The van der Waals surface area contributed by atoms with Crippen LogP contribution in [0.5, 0.6) is 0 Å². The number of aryl methyl sites for hydroxylation is 1. The highest BCUT2D eigenvalue weighted by Crippen LogP contribution is 2.35. The van der Waals surface area contributed by atoms with Crippen molar-refractivity contribution in [3.05, 3.63) is 68.6 Å². The minimum atomic E-state index is -0.450. The van der Waals surface area contributed by atoms with Crippen LogP contribution in [-0.2, 0) is 4.79 Å². The average molecular weight is 388 g/mol. The van der Waals surface area contributed by atoms with Gasteiger partial charge in [0.1, 0.15) is 4.32 Å². The van der Waals surface area contributed by atoms with E-state index in [1.165, 1.54) is 23.9 Å². The van der Waals surface area contributed by atoms with E-state index >= 15 is 0 Å². The van der Waals surface area contributed by atoms with Gasteiger partial charge < -0.3 is 5.32 Å². The van der Waals surface area contributed by atoms with E-state index in [0.717, 1.165) is 27.1 Å². The van der Waals surface area contributed by atoms with Gasteiger partial charge in [-0.2, -0.15) is 0 Å². The Labute approximate surface area is 158 Å². The Hall–Kier alpha value is -2.16. The maximum atomic E-state index is 11.9. The van der Waals surface area contributed by atoms with Crippen LogP contribution in [0.25, 0.3) is 6.08 Å². The summed E-state index contributed by atoms with van der Waals surface area (Å²) in [5, 5.41) is 13.6. The zero-order chi connectivity index (χ0) is 18.0. The molecule has 0 aromatic heterocycles. The van der Waals surface area contributed by atoms with Crippen LogP contribution in [0.1, 0.15) is 11.1 Å². The molecule has 0 radical (unpaired) electrons.